The number of carbonyl (C=O) groups is 3. The topological polar surface area (TPSA) is 132 Å². The first-order chi connectivity index (χ1) is 21.6. The van der Waals surface area contributed by atoms with Crippen molar-refractivity contribution in [3.63, 3.8) is 0 Å². The smallest absolute Gasteiger partial charge is 0.291 e. The van der Waals surface area contributed by atoms with Crippen molar-refractivity contribution >= 4 is 35.6 Å². The summed E-state index contributed by atoms with van der Waals surface area (Å²) in [5.74, 6) is 0.179. The highest BCUT2D eigenvalue weighted by Crippen LogP contribution is 2.26. The maximum atomic E-state index is 12.6. The van der Waals surface area contributed by atoms with Gasteiger partial charge < -0.3 is 25.1 Å². The van der Waals surface area contributed by atoms with E-state index in [-0.39, 0.29) is 18.2 Å². The molecule has 0 saturated heterocycles. The van der Waals surface area contributed by atoms with Gasteiger partial charge in [-0.05, 0) is 61.6 Å². The van der Waals surface area contributed by atoms with E-state index < -0.39 is 11.9 Å². The van der Waals surface area contributed by atoms with Crippen molar-refractivity contribution in [3.8, 4) is 0 Å². The fraction of sp³-hybridized carbons (Fsp3) is 0.314. The normalized spacial score (nSPS) is 11.3. The van der Waals surface area contributed by atoms with E-state index in [4.69, 9.17) is 0 Å². The lowest BCUT2D eigenvalue weighted by atomic mass is 10.1. The molecule has 45 heavy (non-hydrogen) atoms. The van der Waals surface area contributed by atoms with Gasteiger partial charge in [0.1, 0.15) is 23.9 Å². The third-order valence-corrected chi connectivity index (χ3v) is 6.95. The number of ketones is 1. The fourth-order valence-corrected chi connectivity index (χ4v) is 4.53. The number of benzene rings is 3. The Hall–Kier alpha value is -5.12. The van der Waals surface area contributed by atoms with E-state index >= 15 is 0 Å². The van der Waals surface area contributed by atoms with Gasteiger partial charge in [0.2, 0.25) is 5.82 Å². The van der Waals surface area contributed by atoms with Gasteiger partial charge in [0.15, 0.2) is 0 Å². The van der Waals surface area contributed by atoms with Crippen molar-refractivity contribution in [2.45, 2.75) is 46.1 Å². The lowest BCUT2D eigenvalue weighted by Gasteiger charge is -2.21. The van der Waals surface area contributed by atoms with E-state index in [2.05, 4.69) is 62.9 Å². The van der Waals surface area contributed by atoms with Crippen molar-refractivity contribution < 1.29 is 14.4 Å². The predicted octanol–water partition coefficient (Wildman–Crippen LogP) is 4.74. The summed E-state index contributed by atoms with van der Waals surface area (Å²) in [7, 11) is 5.63. The van der Waals surface area contributed by atoms with Gasteiger partial charge in [0.25, 0.3) is 5.91 Å². The van der Waals surface area contributed by atoms with E-state index in [1.807, 2.05) is 73.7 Å². The van der Waals surface area contributed by atoms with Crippen LogP contribution >= 0.6 is 0 Å². The Morgan fingerprint density at radius 3 is 2.42 bits per heavy atom. The van der Waals surface area contributed by atoms with Crippen LogP contribution in [0.4, 0.5) is 11.4 Å². The SMILES string of the molecule is CC(=O)CCc1ccc(NC[C@@H](C=O)NC(=O)c2n[nH]c(Cc3ccccc3)n2)c(N(C)C)c1.CN=Cc1ccc(C)cc1C. The average Bonchev–Trinajstić information content (AvgIpc) is 3.49. The zero-order valence-electron chi connectivity index (χ0n) is 26.9. The summed E-state index contributed by atoms with van der Waals surface area (Å²) in [6.45, 7) is 5.98. The maximum Gasteiger partial charge on any atom is 0.291 e. The lowest BCUT2D eigenvalue weighted by molar-refractivity contribution is -0.117. The molecule has 0 aliphatic heterocycles. The standard InChI is InChI=1S/C25H30N6O3.C10H13N/c1-17(33)9-10-19-11-12-21(22(13-19)31(2)3)26-15-20(16-32)27-25(34)24-28-23(29-30-24)14-18-7-5-4-6-8-18;1-8-4-5-10(7-11-3)9(2)6-8/h4-8,11-13,16,20,26H,9-10,14-15H2,1-3H3,(H,27,34)(H,28,29,30);4-7H,1-3H3/t20-;/m0./s1. The molecule has 0 spiro atoms. The molecule has 3 N–H and O–H groups in total. The van der Waals surface area contributed by atoms with E-state index in [0.717, 1.165) is 22.5 Å². The van der Waals surface area contributed by atoms with E-state index in [9.17, 15) is 14.4 Å². The Kier molecular flexibility index (Phi) is 13.2. The van der Waals surface area contributed by atoms with Gasteiger partial charge in [-0.2, -0.15) is 0 Å². The molecule has 0 radical (unpaired) electrons. The molecule has 0 aliphatic rings. The minimum absolute atomic E-state index is 0.0124. The molecule has 0 saturated carbocycles. The maximum absolute atomic E-state index is 12.6. The highest BCUT2D eigenvalue weighted by Gasteiger charge is 2.18. The first-order valence-electron chi connectivity index (χ1n) is 14.8. The first kappa shape index (κ1) is 34.4. The van der Waals surface area contributed by atoms with Gasteiger partial charge in [0, 0.05) is 46.7 Å². The van der Waals surface area contributed by atoms with Crippen LogP contribution in [-0.2, 0) is 22.4 Å². The summed E-state index contributed by atoms with van der Waals surface area (Å²) in [5, 5.41) is 12.6. The van der Waals surface area contributed by atoms with Crippen LogP contribution in [0.5, 0.6) is 0 Å². The van der Waals surface area contributed by atoms with Crippen molar-refractivity contribution in [1.29, 1.82) is 0 Å². The number of nitrogens with one attached hydrogen (secondary N) is 3. The Labute approximate surface area is 265 Å². The Balaban J connectivity index is 0.000000423. The van der Waals surface area contributed by atoms with Gasteiger partial charge >= 0.3 is 0 Å². The van der Waals surface area contributed by atoms with Crippen molar-refractivity contribution in [1.82, 2.24) is 20.5 Å². The van der Waals surface area contributed by atoms with Gasteiger partial charge in [-0.15, -0.1) is 5.10 Å². The number of aliphatic imine (C=N–C) groups is 1. The van der Waals surface area contributed by atoms with Gasteiger partial charge in [-0.3, -0.25) is 14.9 Å². The number of H-pyrrole nitrogens is 1. The first-order valence-corrected chi connectivity index (χ1v) is 14.8. The molecule has 0 fully saturated rings. The fourth-order valence-electron chi connectivity index (χ4n) is 4.53. The van der Waals surface area contributed by atoms with Crippen molar-refractivity contribution in [2.75, 3.05) is 37.9 Å². The molecular weight excluding hydrogens is 566 g/mol. The molecule has 0 aliphatic carbocycles. The van der Waals surface area contributed by atoms with E-state index in [1.54, 1.807) is 14.0 Å². The third-order valence-electron chi connectivity index (χ3n) is 6.95. The number of Topliss-reactive ketones (excluding diaryl/α,β-unsaturated/α-hetero) is 1. The second kappa shape index (κ2) is 17.2. The molecule has 10 nitrogen and oxygen atoms in total. The van der Waals surface area contributed by atoms with Gasteiger partial charge in [0.05, 0.1) is 11.4 Å². The number of amides is 1. The Bertz CT molecular complexity index is 1600. The monoisotopic (exact) mass is 609 g/mol. The van der Waals surface area contributed by atoms with Crippen LogP contribution in [-0.4, -0.2) is 73.1 Å². The van der Waals surface area contributed by atoms with Crippen LogP contribution in [0.25, 0.3) is 0 Å². The number of aryl methyl sites for hydroxylation is 3. The molecular formula is C35H43N7O3. The zero-order valence-corrected chi connectivity index (χ0v) is 26.9. The molecule has 1 heterocycles. The Morgan fingerprint density at radius 2 is 1.78 bits per heavy atom. The molecule has 236 valence electrons. The van der Waals surface area contributed by atoms with Crippen molar-refractivity contribution in [2.24, 2.45) is 4.99 Å². The summed E-state index contributed by atoms with van der Waals surface area (Å²) in [4.78, 5) is 45.6. The second-order valence-electron chi connectivity index (χ2n) is 11.1. The summed E-state index contributed by atoms with van der Waals surface area (Å²) in [6, 6.07) is 21.2. The molecule has 1 aromatic heterocycles. The lowest BCUT2D eigenvalue weighted by Crippen LogP contribution is -2.41. The van der Waals surface area contributed by atoms with Crippen molar-refractivity contribution in [3.05, 3.63) is 106 Å². The highest BCUT2D eigenvalue weighted by atomic mass is 16.2. The molecule has 0 bridgehead atoms. The number of aldehydes is 1. The molecule has 3 aromatic carbocycles. The number of rotatable bonds is 13. The Morgan fingerprint density at radius 1 is 1.02 bits per heavy atom. The summed E-state index contributed by atoms with van der Waals surface area (Å²) >= 11 is 0. The number of anilines is 2. The van der Waals surface area contributed by atoms with Crippen LogP contribution < -0.4 is 15.5 Å². The minimum Gasteiger partial charge on any atom is -0.381 e. The van der Waals surface area contributed by atoms with Gasteiger partial charge in [-0.1, -0.05) is 60.2 Å². The average molecular weight is 610 g/mol. The van der Waals surface area contributed by atoms with E-state index in [1.165, 1.54) is 16.7 Å². The van der Waals surface area contributed by atoms with Crippen LogP contribution in [0, 0.1) is 13.8 Å². The number of aromatic amines is 1. The van der Waals surface area contributed by atoms with E-state index in [0.29, 0.717) is 31.4 Å². The summed E-state index contributed by atoms with van der Waals surface area (Å²) in [6.07, 6.45) is 4.25. The van der Waals surface area contributed by atoms with Crippen LogP contribution in [0.1, 0.15) is 57.6 Å². The van der Waals surface area contributed by atoms with Crippen LogP contribution in [0.3, 0.4) is 0 Å². The molecule has 1 amide bonds. The second-order valence-corrected chi connectivity index (χ2v) is 11.1. The number of hydrogen-bond donors (Lipinski definition) is 3. The highest BCUT2D eigenvalue weighted by molar-refractivity contribution is 5.92. The number of nitrogens with zero attached hydrogens (tertiary/aromatic N) is 4. The number of aromatic nitrogens is 3. The predicted molar refractivity (Wildman–Crippen MR) is 181 cm³/mol. The zero-order chi connectivity index (χ0) is 32.8. The quantitative estimate of drug-likeness (QED) is 0.147. The van der Waals surface area contributed by atoms with Crippen LogP contribution in [0.2, 0.25) is 0 Å². The van der Waals surface area contributed by atoms with Gasteiger partial charge in [-0.25, -0.2) is 4.98 Å². The summed E-state index contributed by atoms with van der Waals surface area (Å²) < 4.78 is 0. The number of carbonyl (C=O) groups excluding carboxylic acids is 3. The molecule has 4 rings (SSSR count). The summed E-state index contributed by atoms with van der Waals surface area (Å²) in [5.41, 5.74) is 7.65. The molecule has 4 aromatic rings. The largest absolute Gasteiger partial charge is 0.381 e. The molecule has 1 atom stereocenters. The minimum atomic E-state index is -0.768. The molecule has 10 heteroatoms. The molecule has 0 unspecified atom stereocenters. The number of hydrogen-bond acceptors (Lipinski definition) is 8. The van der Waals surface area contributed by atoms with Crippen LogP contribution in [0.15, 0.2) is 71.7 Å². The third kappa shape index (κ3) is 11.1.